The number of rotatable bonds is 4. The van der Waals surface area contributed by atoms with Crippen molar-refractivity contribution in [1.29, 1.82) is 0 Å². The van der Waals surface area contributed by atoms with Gasteiger partial charge in [0.2, 0.25) is 5.91 Å². The largest absolute Gasteiger partial charge is 0.313 e. The quantitative estimate of drug-likeness (QED) is 0.883. The van der Waals surface area contributed by atoms with Gasteiger partial charge >= 0.3 is 0 Å². The summed E-state index contributed by atoms with van der Waals surface area (Å²) in [7, 11) is 0. The number of nitrogens with one attached hydrogen (secondary N) is 1. The predicted octanol–water partition coefficient (Wildman–Crippen LogP) is 2.63. The van der Waals surface area contributed by atoms with Gasteiger partial charge in [-0.3, -0.25) is 9.59 Å². The topological polar surface area (TPSA) is 58.5 Å². The highest BCUT2D eigenvalue weighted by molar-refractivity contribution is 6.22. The maximum Gasteiger partial charge on any atom is 0.267 e. The van der Waals surface area contributed by atoms with Gasteiger partial charge < -0.3 is 5.32 Å². The highest BCUT2D eigenvalue weighted by Gasteiger charge is 2.48. The van der Waals surface area contributed by atoms with Crippen molar-refractivity contribution in [2.75, 3.05) is 0 Å². The van der Waals surface area contributed by atoms with E-state index < -0.39 is 5.41 Å². The van der Waals surface area contributed by atoms with E-state index >= 15 is 0 Å². The smallest absolute Gasteiger partial charge is 0.267 e. The molecular formula is C19H18N2O2. The van der Waals surface area contributed by atoms with E-state index in [1.165, 1.54) is 0 Å². The van der Waals surface area contributed by atoms with E-state index in [0.717, 1.165) is 5.56 Å². The lowest BCUT2D eigenvalue weighted by molar-refractivity contribution is -0.136. The molecule has 1 atom stereocenters. The number of hydrogen-bond donors (Lipinski definition) is 1. The minimum Gasteiger partial charge on any atom is -0.313 e. The molecule has 1 aliphatic heterocycles. The van der Waals surface area contributed by atoms with Gasteiger partial charge in [0.05, 0.1) is 0 Å². The summed E-state index contributed by atoms with van der Waals surface area (Å²) in [6.45, 7) is 1.84. The third kappa shape index (κ3) is 2.68. The first-order valence-electron chi connectivity index (χ1n) is 7.69. The zero-order chi connectivity index (χ0) is 16.3. The van der Waals surface area contributed by atoms with Crippen LogP contribution in [0.2, 0.25) is 0 Å². The van der Waals surface area contributed by atoms with E-state index in [1.807, 2.05) is 55.5 Å². The number of benzene rings is 2. The molecule has 0 radical (unpaired) electrons. The second-order valence-electron chi connectivity index (χ2n) is 5.61. The SMILES string of the molecule is CC[C@]1(c2ccccc2)C(=O)N=C(Cc2ccccc2)NC1=O. The normalized spacial score (nSPS) is 20.8. The first kappa shape index (κ1) is 15.2. The Bertz CT molecular complexity index is 753. The Morgan fingerprint density at radius 1 is 0.957 bits per heavy atom. The Kier molecular flexibility index (Phi) is 4.06. The maximum atomic E-state index is 12.7. The van der Waals surface area contributed by atoms with Crippen LogP contribution in [-0.4, -0.2) is 17.6 Å². The van der Waals surface area contributed by atoms with Gasteiger partial charge in [-0.05, 0) is 17.5 Å². The molecule has 1 N–H and O–H groups in total. The maximum absolute atomic E-state index is 12.7. The Hall–Kier alpha value is -2.75. The summed E-state index contributed by atoms with van der Waals surface area (Å²) >= 11 is 0. The molecule has 0 aliphatic carbocycles. The molecule has 116 valence electrons. The molecule has 0 aromatic heterocycles. The third-order valence-electron chi connectivity index (χ3n) is 4.26. The Morgan fingerprint density at radius 2 is 1.57 bits per heavy atom. The lowest BCUT2D eigenvalue weighted by atomic mass is 9.75. The van der Waals surface area contributed by atoms with Crippen LogP contribution in [0.4, 0.5) is 0 Å². The average Bonchev–Trinajstić information content (AvgIpc) is 2.57. The van der Waals surface area contributed by atoms with E-state index in [1.54, 1.807) is 12.1 Å². The van der Waals surface area contributed by atoms with Gasteiger partial charge in [-0.15, -0.1) is 0 Å². The molecule has 0 fully saturated rings. The van der Waals surface area contributed by atoms with Crippen LogP contribution < -0.4 is 5.32 Å². The van der Waals surface area contributed by atoms with Crippen molar-refractivity contribution in [2.45, 2.75) is 25.2 Å². The fourth-order valence-corrected chi connectivity index (χ4v) is 2.95. The lowest BCUT2D eigenvalue weighted by Crippen LogP contribution is -2.55. The summed E-state index contributed by atoms with van der Waals surface area (Å²) in [4.78, 5) is 29.6. The standard InChI is InChI=1S/C19H18N2O2/c1-2-19(15-11-7-4-8-12-15)17(22)20-16(21-18(19)23)13-14-9-5-3-6-10-14/h3-12H,2,13H2,1H3,(H,20,21,22,23). The van der Waals surface area contributed by atoms with E-state index in [2.05, 4.69) is 10.3 Å². The fourth-order valence-electron chi connectivity index (χ4n) is 2.95. The minimum atomic E-state index is -1.22. The summed E-state index contributed by atoms with van der Waals surface area (Å²) in [6.07, 6.45) is 0.816. The van der Waals surface area contributed by atoms with E-state index in [0.29, 0.717) is 24.2 Å². The van der Waals surface area contributed by atoms with Crippen molar-refractivity contribution in [3.8, 4) is 0 Å². The van der Waals surface area contributed by atoms with Gasteiger partial charge in [-0.1, -0.05) is 67.6 Å². The molecule has 1 heterocycles. The second-order valence-corrected chi connectivity index (χ2v) is 5.61. The number of amides is 2. The van der Waals surface area contributed by atoms with Crippen molar-refractivity contribution < 1.29 is 9.59 Å². The zero-order valence-electron chi connectivity index (χ0n) is 13.0. The summed E-state index contributed by atoms with van der Waals surface area (Å²) in [5.41, 5.74) is 0.470. The van der Waals surface area contributed by atoms with Gasteiger partial charge in [0.15, 0.2) is 5.41 Å². The van der Waals surface area contributed by atoms with Gasteiger partial charge in [0.25, 0.3) is 5.91 Å². The molecule has 0 saturated heterocycles. The van der Waals surface area contributed by atoms with Crippen molar-refractivity contribution in [3.63, 3.8) is 0 Å². The molecule has 0 bridgehead atoms. The van der Waals surface area contributed by atoms with Crippen LogP contribution in [0.5, 0.6) is 0 Å². The van der Waals surface area contributed by atoms with Crippen LogP contribution in [-0.2, 0) is 21.4 Å². The van der Waals surface area contributed by atoms with Crippen LogP contribution >= 0.6 is 0 Å². The molecule has 1 aliphatic rings. The van der Waals surface area contributed by atoms with Gasteiger partial charge in [-0.25, -0.2) is 0 Å². The Morgan fingerprint density at radius 3 is 2.13 bits per heavy atom. The fraction of sp³-hybridized carbons (Fsp3) is 0.211. The van der Waals surface area contributed by atoms with Crippen LogP contribution in [0.1, 0.15) is 24.5 Å². The van der Waals surface area contributed by atoms with Crippen molar-refractivity contribution in [3.05, 3.63) is 71.8 Å². The van der Waals surface area contributed by atoms with Crippen LogP contribution in [0.15, 0.2) is 65.7 Å². The highest BCUT2D eigenvalue weighted by Crippen LogP contribution is 2.32. The predicted molar refractivity (Wildman–Crippen MR) is 89.1 cm³/mol. The molecule has 2 aromatic rings. The van der Waals surface area contributed by atoms with E-state index in [-0.39, 0.29) is 11.8 Å². The highest BCUT2D eigenvalue weighted by atomic mass is 16.2. The molecule has 0 saturated carbocycles. The molecule has 23 heavy (non-hydrogen) atoms. The molecule has 2 amide bonds. The summed E-state index contributed by atoms with van der Waals surface area (Å²) in [6, 6.07) is 18.8. The van der Waals surface area contributed by atoms with Crippen LogP contribution in [0.3, 0.4) is 0 Å². The third-order valence-corrected chi connectivity index (χ3v) is 4.26. The Balaban J connectivity index is 1.95. The van der Waals surface area contributed by atoms with E-state index in [4.69, 9.17) is 0 Å². The number of nitrogens with zero attached hydrogens (tertiary/aromatic N) is 1. The zero-order valence-corrected chi connectivity index (χ0v) is 13.0. The summed E-state index contributed by atoms with van der Waals surface area (Å²) in [5.74, 6) is -0.274. The number of amidine groups is 1. The average molecular weight is 306 g/mol. The summed E-state index contributed by atoms with van der Waals surface area (Å²) in [5, 5.41) is 2.83. The van der Waals surface area contributed by atoms with Gasteiger partial charge in [0.1, 0.15) is 5.84 Å². The molecule has 0 spiro atoms. The second kappa shape index (κ2) is 6.16. The molecule has 0 unspecified atom stereocenters. The van der Waals surface area contributed by atoms with Crippen LogP contribution in [0, 0.1) is 0 Å². The van der Waals surface area contributed by atoms with Crippen molar-refractivity contribution in [2.24, 2.45) is 4.99 Å². The molecule has 4 heteroatoms. The number of carbonyl (C=O) groups is 2. The number of carbonyl (C=O) groups excluding carboxylic acids is 2. The minimum absolute atomic E-state index is 0.294. The number of aliphatic imine (C=N–C) groups is 1. The molecule has 3 rings (SSSR count). The first-order valence-corrected chi connectivity index (χ1v) is 7.69. The number of hydrogen-bond acceptors (Lipinski definition) is 2. The van der Waals surface area contributed by atoms with Crippen LogP contribution in [0.25, 0.3) is 0 Å². The first-order chi connectivity index (χ1) is 11.2. The monoisotopic (exact) mass is 306 g/mol. The van der Waals surface area contributed by atoms with E-state index in [9.17, 15) is 9.59 Å². The molecule has 4 nitrogen and oxygen atoms in total. The van der Waals surface area contributed by atoms with Gasteiger partial charge in [-0.2, -0.15) is 4.99 Å². The lowest BCUT2D eigenvalue weighted by Gasteiger charge is -2.32. The van der Waals surface area contributed by atoms with Crippen molar-refractivity contribution in [1.82, 2.24) is 5.32 Å². The molecule has 2 aromatic carbocycles. The Labute approximate surface area is 135 Å². The van der Waals surface area contributed by atoms with Crippen molar-refractivity contribution >= 4 is 17.6 Å². The molecular weight excluding hydrogens is 288 g/mol. The van der Waals surface area contributed by atoms with Gasteiger partial charge in [0, 0.05) is 6.42 Å². The summed E-state index contributed by atoms with van der Waals surface area (Å²) < 4.78 is 0.